The summed E-state index contributed by atoms with van der Waals surface area (Å²) in [5.41, 5.74) is 1.01. The van der Waals surface area contributed by atoms with Gasteiger partial charge in [-0.15, -0.1) is 6.58 Å². The van der Waals surface area contributed by atoms with Crippen LogP contribution in [0.25, 0.3) is 0 Å². The predicted octanol–water partition coefficient (Wildman–Crippen LogP) is 3.59. The van der Waals surface area contributed by atoms with Crippen molar-refractivity contribution in [3.8, 4) is 11.5 Å². The molecule has 87 valence electrons. The molecular weight excluding hydrogens is 200 g/mol. The van der Waals surface area contributed by atoms with E-state index in [9.17, 15) is 0 Å². The molecule has 1 radical (unpaired) electrons. The molecule has 0 saturated carbocycles. The molecule has 1 atom stereocenters. The van der Waals surface area contributed by atoms with E-state index in [1.807, 2.05) is 18.2 Å². The number of methoxy groups -OCH3 is 1. The van der Waals surface area contributed by atoms with E-state index < -0.39 is 0 Å². The average molecular weight is 219 g/mol. The Morgan fingerprint density at radius 2 is 2.19 bits per heavy atom. The highest BCUT2D eigenvalue weighted by molar-refractivity contribution is 5.49. The van der Waals surface area contributed by atoms with Crippen LogP contribution in [0.4, 0.5) is 0 Å². The van der Waals surface area contributed by atoms with Crippen LogP contribution in [0.1, 0.15) is 24.8 Å². The van der Waals surface area contributed by atoms with Crippen LogP contribution in [0.2, 0.25) is 0 Å². The molecule has 2 nitrogen and oxygen atoms in total. The van der Waals surface area contributed by atoms with Crippen molar-refractivity contribution in [2.24, 2.45) is 0 Å². The Morgan fingerprint density at radius 1 is 1.44 bits per heavy atom. The zero-order valence-corrected chi connectivity index (χ0v) is 10.0. The predicted molar refractivity (Wildman–Crippen MR) is 67.1 cm³/mol. The fourth-order valence-corrected chi connectivity index (χ4v) is 1.50. The maximum atomic E-state index is 5.63. The number of hydrogen-bond donors (Lipinski definition) is 0. The fourth-order valence-electron chi connectivity index (χ4n) is 1.50. The summed E-state index contributed by atoms with van der Waals surface area (Å²) in [5, 5.41) is 0. The molecule has 1 aromatic carbocycles. The minimum atomic E-state index is 0.0140. The van der Waals surface area contributed by atoms with Gasteiger partial charge in [0, 0.05) is 11.5 Å². The minimum Gasteiger partial charge on any atom is -0.493 e. The van der Waals surface area contributed by atoms with Gasteiger partial charge in [-0.3, -0.25) is 0 Å². The summed E-state index contributed by atoms with van der Waals surface area (Å²) in [4.78, 5) is 0. The number of allylic oxidation sites excluding steroid dienone is 1. The van der Waals surface area contributed by atoms with Gasteiger partial charge in [-0.1, -0.05) is 25.1 Å². The smallest absolute Gasteiger partial charge is 0.164 e. The van der Waals surface area contributed by atoms with Gasteiger partial charge in [0.15, 0.2) is 11.5 Å². The van der Waals surface area contributed by atoms with Gasteiger partial charge in [-0.25, -0.2) is 0 Å². The van der Waals surface area contributed by atoms with E-state index in [-0.39, 0.29) is 5.92 Å². The van der Waals surface area contributed by atoms with Crippen LogP contribution in [0.3, 0.4) is 0 Å². The lowest BCUT2D eigenvalue weighted by Crippen LogP contribution is -2.01. The molecule has 0 aliphatic heterocycles. The van der Waals surface area contributed by atoms with E-state index in [2.05, 4.69) is 20.4 Å². The second-order valence-corrected chi connectivity index (χ2v) is 3.57. The molecule has 0 amide bonds. The third kappa shape index (κ3) is 2.78. The van der Waals surface area contributed by atoms with E-state index in [0.717, 1.165) is 23.5 Å². The molecule has 0 spiro atoms. The van der Waals surface area contributed by atoms with Crippen LogP contribution in [-0.2, 0) is 0 Å². The molecule has 0 bridgehead atoms. The molecular formula is C14H19O2. The molecule has 16 heavy (non-hydrogen) atoms. The van der Waals surface area contributed by atoms with E-state index >= 15 is 0 Å². The second-order valence-electron chi connectivity index (χ2n) is 3.57. The molecule has 0 fully saturated rings. The molecule has 0 heterocycles. The molecule has 1 unspecified atom stereocenters. The van der Waals surface area contributed by atoms with Gasteiger partial charge in [0.1, 0.15) is 0 Å². The van der Waals surface area contributed by atoms with Crippen molar-refractivity contribution in [3.05, 3.63) is 43.3 Å². The third-order valence-corrected chi connectivity index (χ3v) is 2.36. The molecule has 0 aromatic heterocycles. The number of hydrogen-bond acceptors (Lipinski definition) is 2. The van der Waals surface area contributed by atoms with Crippen molar-refractivity contribution in [1.82, 2.24) is 0 Å². The van der Waals surface area contributed by atoms with Crippen molar-refractivity contribution >= 4 is 0 Å². The van der Waals surface area contributed by atoms with Gasteiger partial charge in [0.05, 0.1) is 13.7 Å². The first-order valence-electron chi connectivity index (χ1n) is 5.49. The highest BCUT2D eigenvalue weighted by atomic mass is 16.5. The topological polar surface area (TPSA) is 18.5 Å². The molecule has 0 N–H and O–H groups in total. The van der Waals surface area contributed by atoms with Gasteiger partial charge < -0.3 is 9.47 Å². The van der Waals surface area contributed by atoms with Gasteiger partial charge in [0.2, 0.25) is 0 Å². The number of benzene rings is 1. The van der Waals surface area contributed by atoms with E-state index in [1.54, 1.807) is 13.2 Å². The Morgan fingerprint density at radius 3 is 2.75 bits per heavy atom. The van der Waals surface area contributed by atoms with Gasteiger partial charge in [-0.05, 0) is 19.4 Å². The largest absolute Gasteiger partial charge is 0.493 e. The second kappa shape index (κ2) is 6.21. The first kappa shape index (κ1) is 12.6. The summed E-state index contributed by atoms with van der Waals surface area (Å²) in [7, 11) is 1.65. The summed E-state index contributed by atoms with van der Waals surface area (Å²) in [6, 6.07) is 5.84. The molecule has 0 saturated heterocycles. The van der Waals surface area contributed by atoms with Crippen LogP contribution in [-0.4, -0.2) is 13.7 Å². The molecule has 0 aliphatic carbocycles. The molecule has 0 aliphatic rings. The molecule has 1 rings (SSSR count). The SMILES string of the molecule is [CH2]C(C=C)c1cccc(OCCC)c1OC. The number of ether oxygens (including phenoxy) is 2. The molecule has 2 heteroatoms. The first-order valence-corrected chi connectivity index (χ1v) is 5.49. The fraction of sp³-hybridized carbons (Fsp3) is 0.357. The van der Waals surface area contributed by atoms with Gasteiger partial charge in [-0.2, -0.15) is 0 Å². The van der Waals surface area contributed by atoms with Crippen molar-refractivity contribution in [2.75, 3.05) is 13.7 Å². The summed E-state index contributed by atoms with van der Waals surface area (Å²) in [6.07, 6.45) is 2.77. The maximum absolute atomic E-state index is 5.63. The standard InChI is InChI=1S/C14H19O2/c1-5-10-16-13-9-7-8-12(11(3)6-2)14(13)15-4/h6-9,11H,2-3,5,10H2,1,4H3. The van der Waals surface area contributed by atoms with Crippen molar-refractivity contribution in [1.29, 1.82) is 0 Å². The quantitative estimate of drug-likeness (QED) is 0.681. The van der Waals surface area contributed by atoms with E-state index in [0.29, 0.717) is 6.61 Å². The number of rotatable bonds is 6. The summed E-state index contributed by atoms with van der Waals surface area (Å²) >= 11 is 0. The third-order valence-electron chi connectivity index (χ3n) is 2.36. The Bertz CT molecular complexity index is 345. The Hall–Kier alpha value is -1.44. The maximum Gasteiger partial charge on any atom is 0.164 e. The van der Waals surface area contributed by atoms with Crippen LogP contribution in [0, 0.1) is 6.92 Å². The van der Waals surface area contributed by atoms with E-state index in [4.69, 9.17) is 9.47 Å². The minimum absolute atomic E-state index is 0.0140. The zero-order chi connectivity index (χ0) is 12.0. The average Bonchev–Trinajstić information content (AvgIpc) is 2.34. The monoisotopic (exact) mass is 219 g/mol. The van der Waals surface area contributed by atoms with Crippen LogP contribution >= 0.6 is 0 Å². The summed E-state index contributed by atoms with van der Waals surface area (Å²) in [5.74, 6) is 1.55. The Kier molecular flexibility index (Phi) is 4.90. The zero-order valence-electron chi connectivity index (χ0n) is 10.0. The highest BCUT2D eigenvalue weighted by Crippen LogP contribution is 2.35. The van der Waals surface area contributed by atoms with E-state index in [1.165, 1.54) is 0 Å². The Balaban J connectivity index is 3.04. The first-order chi connectivity index (χ1) is 7.74. The highest BCUT2D eigenvalue weighted by Gasteiger charge is 2.13. The van der Waals surface area contributed by atoms with Crippen molar-refractivity contribution in [2.45, 2.75) is 19.3 Å². The summed E-state index contributed by atoms with van der Waals surface area (Å²) in [6.45, 7) is 10.5. The van der Waals surface area contributed by atoms with Gasteiger partial charge in [0.25, 0.3) is 0 Å². The lowest BCUT2D eigenvalue weighted by atomic mass is 10.00. The van der Waals surface area contributed by atoms with Crippen molar-refractivity contribution in [3.63, 3.8) is 0 Å². The lowest BCUT2D eigenvalue weighted by Gasteiger charge is -2.16. The normalized spacial score (nSPS) is 11.9. The van der Waals surface area contributed by atoms with Crippen LogP contribution < -0.4 is 9.47 Å². The van der Waals surface area contributed by atoms with Crippen molar-refractivity contribution < 1.29 is 9.47 Å². The lowest BCUT2D eigenvalue weighted by molar-refractivity contribution is 0.293. The summed E-state index contributed by atoms with van der Waals surface area (Å²) < 4.78 is 11.0. The van der Waals surface area contributed by atoms with Gasteiger partial charge >= 0.3 is 0 Å². The molecule has 1 aromatic rings. The Labute approximate surface area is 97.9 Å². The van der Waals surface area contributed by atoms with Crippen LogP contribution in [0.15, 0.2) is 30.9 Å². The number of para-hydroxylation sites is 1. The van der Waals surface area contributed by atoms with Crippen LogP contribution in [0.5, 0.6) is 11.5 Å².